The van der Waals surface area contributed by atoms with Gasteiger partial charge in [0.25, 0.3) is 0 Å². The van der Waals surface area contributed by atoms with E-state index in [0.717, 1.165) is 6.20 Å². The Balaban J connectivity index is 2.93. The maximum atomic E-state index is 13.2. The normalized spacial score (nSPS) is 10.0. The van der Waals surface area contributed by atoms with Gasteiger partial charge in [-0.3, -0.25) is 0 Å². The second kappa shape index (κ2) is 4.71. The fraction of sp³-hybridized carbons (Fsp3) is 0.500. The zero-order valence-corrected chi connectivity index (χ0v) is 8.16. The van der Waals surface area contributed by atoms with Crippen molar-refractivity contribution in [1.29, 1.82) is 0 Å². The Morgan fingerprint density at radius 1 is 1.64 bits per heavy atom. The Labute approximate surface area is 81.6 Å². The van der Waals surface area contributed by atoms with Crippen molar-refractivity contribution in [3.8, 4) is 0 Å². The average Bonchev–Trinajstić information content (AvgIpc) is 2.19. The van der Waals surface area contributed by atoms with E-state index < -0.39 is 5.82 Å². The molecule has 0 aliphatic rings. The van der Waals surface area contributed by atoms with E-state index in [1.54, 1.807) is 14.1 Å². The minimum absolute atomic E-state index is 0.0468. The number of hydrogen-bond acceptors (Lipinski definition) is 5. The highest BCUT2D eigenvalue weighted by molar-refractivity contribution is 5.42. The fourth-order valence-corrected chi connectivity index (χ4v) is 1.00. The molecular formula is C8H13FN4O. The SMILES string of the molecule is CNc1ncc(F)c(N(C)CCO)n1. The first-order valence-electron chi connectivity index (χ1n) is 4.21. The number of aliphatic hydroxyl groups excluding tert-OH is 1. The number of aromatic nitrogens is 2. The number of nitrogens with zero attached hydrogens (tertiary/aromatic N) is 3. The van der Waals surface area contributed by atoms with Crippen molar-refractivity contribution in [2.75, 3.05) is 37.5 Å². The average molecular weight is 200 g/mol. The molecule has 0 unspecified atom stereocenters. The standard InChI is InChI=1S/C8H13FN4O/c1-10-8-11-5-6(9)7(12-8)13(2)3-4-14/h5,14H,3-4H2,1-2H3,(H,10,11,12). The highest BCUT2D eigenvalue weighted by Crippen LogP contribution is 2.14. The van der Waals surface area contributed by atoms with Gasteiger partial charge in [0.1, 0.15) is 0 Å². The molecule has 0 atom stereocenters. The van der Waals surface area contributed by atoms with E-state index >= 15 is 0 Å². The third-order valence-corrected chi connectivity index (χ3v) is 1.75. The Hall–Kier alpha value is -1.43. The molecule has 0 spiro atoms. The van der Waals surface area contributed by atoms with Crippen molar-refractivity contribution in [3.63, 3.8) is 0 Å². The molecule has 6 heteroatoms. The second-order valence-electron chi connectivity index (χ2n) is 2.76. The van der Waals surface area contributed by atoms with Crippen molar-refractivity contribution in [3.05, 3.63) is 12.0 Å². The molecule has 0 saturated heterocycles. The smallest absolute Gasteiger partial charge is 0.224 e. The zero-order valence-electron chi connectivity index (χ0n) is 8.16. The zero-order chi connectivity index (χ0) is 10.6. The summed E-state index contributed by atoms with van der Waals surface area (Å²) >= 11 is 0. The summed E-state index contributed by atoms with van der Waals surface area (Å²) in [6.45, 7) is 0.284. The molecule has 0 saturated carbocycles. The van der Waals surface area contributed by atoms with Crippen LogP contribution in [0.3, 0.4) is 0 Å². The van der Waals surface area contributed by atoms with Gasteiger partial charge >= 0.3 is 0 Å². The van der Waals surface area contributed by atoms with Crippen LogP contribution >= 0.6 is 0 Å². The molecule has 1 heterocycles. The number of rotatable bonds is 4. The fourth-order valence-electron chi connectivity index (χ4n) is 1.00. The topological polar surface area (TPSA) is 61.3 Å². The molecule has 0 aromatic carbocycles. The number of likely N-dealkylation sites (N-methyl/N-ethyl adjacent to an activating group) is 1. The predicted octanol–water partition coefficient (Wildman–Crippen LogP) is 0.0859. The second-order valence-corrected chi connectivity index (χ2v) is 2.76. The molecule has 5 nitrogen and oxygen atoms in total. The van der Waals surface area contributed by atoms with Crippen LogP contribution < -0.4 is 10.2 Å². The van der Waals surface area contributed by atoms with Crippen LogP contribution in [0.25, 0.3) is 0 Å². The van der Waals surface area contributed by atoms with Crippen molar-refractivity contribution in [2.24, 2.45) is 0 Å². The minimum Gasteiger partial charge on any atom is -0.395 e. The molecule has 0 aliphatic carbocycles. The molecule has 0 aliphatic heterocycles. The molecule has 1 aromatic heterocycles. The van der Waals surface area contributed by atoms with Crippen LogP contribution in [0.15, 0.2) is 6.20 Å². The van der Waals surface area contributed by atoms with Crippen LogP contribution in [0.5, 0.6) is 0 Å². The van der Waals surface area contributed by atoms with E-state index in [1.165, 1.54) is 4.90 Å². The highest BCUT2D eigenvalue weighted by Gasteiger charge is 2.10. The van der Waals surface area contributed by atoms with Crippen molar-refractivity contribution < 1.29 is 9.50 Å². The summed E-state index contributed by atoms with van der Waals surface area (Å²) in [6.07, 6.45) is 1.10. The molecule has 78 valence electrons. The van der Waals surface area contributed by atoms with Gasteiger partial charge in [-0.2, -0.15) is 4.98 Å². The third kappa shape index (κ3) is 2.29. The predicted molar refractivity (Wildman–Crippen MR) is 51.9 cm³/mol. The summed E-state index contributed by atoms with van der Waals surface area (Å²) in [7, 11) is 3.31. The first-order chi connectivity index (χ1) is 6.69. The number of nitrogens with one attached hydrogen (secondary N) is 1. The van der Waals surface area contributed by atoms with Gasteiger partial charge in [-0.05, 0) is 0 Å². The van der Waals surface area contributed by atoms with Gasteiger partial charge < -0.3 is 15.3 Å². The summed E-state index contributed by atoms with van der Waals surface area (Å²) in [5, 5.41) is 11.4. The van der Waals surface area contributed by atoms with Gasteiger partial charge in [0.05, 0.1) is 12.8 Å². The summed E-state index contributed by atoms with van der Waals surface area (Å²) in [5.74, 6) is 0.0320. The maximum absolute atomic E-state index is 13.2. The van der Waals surface area contributed by atoms with Crippen LogP contribution in [-0.4, -0.2) is 42.3 Å². The van der Waals surface area contributed by atoms with Crippen molar-refractivity contribution in [2.45, 2.75) is 0 Å². The first-order valence-corrected chi connectivity index (χ1v) is 4.21. The first kappa shape index (κ1) is 10.6. The van der Waals surface area contributed by atoms with Crippen LogP contribution in [0.2, 0.25) is 0 Å². The number of aliphatic hydroxyl groups is 1. The molecular weight excluding hydrogens is 187 g/mol. The lowest BCUT2D eigenvalue weighted by Crippen LogP contribution is -2.23. The molecule has 0 radical (unpaired) electrons. The monoisotopic (exact) mass is 200 g/mol. The van der Waals surface area contributed by atoms with E-state index in [4.69, 9.17) is 5.11 Å². The lowest BCUT2D eigenvalue weighted by atomic mass is 10.5. The lowest BCUT2D eigenvalue weighted by Gasteiger charge is -2.17. The Kier molecular flexibility index (Phi) is 3.58. The molecule has 0 bridgehead atoms. The molecule has 1 rings (SSSR count). The van der Waals surface area contributed by atoms with E-state index in [2.05, 4.69) is 15.3 Å². The van der Waals surface area contributed by atoms with Crippen molar-refractivity contribution in [1.82, 2.24) is 9.97 Å². The lowest BCUT2D eigenvalue weighted by molar-refractivity contribution is 0.303. The molecule has 0 amide bonds. The summed E-state index contributed by atoms with van der Waals surface area (Å²) < 4.78 is 13.2. The van der Waals surface area contributed by atoms with Crippen LogP contribution in [-0.2, 0) is 0 Å². The Bertz CT molecular complexity index is 307. The van der Waals surface area contributed by atoms with Gasteiger partial charge in [-0.15, -0.1) is 0 Å². The van der Waals surface area contributed by atoms with Gasteiger partial charge in [-0.1, -0.05) is 0 Å². The van der Waals surface area contributed by atoms with Gasteiger partial charge in [0.15, 0.2) is 11.6 Å². The maximum Gasteiger partial charge on any atom is 0.224 e. The summed E-state index contributed by atoms with van der Waals surface area (Å²) in [4.78, 5) is 9.17. The molecule has 0 fully saturated rings. The summed E-state index contributed by atoms with van der Waals surface area (Å²) in [6, 6.07) is 0. The summed E-state index contributed by atoms with van der Waals surface area (Å²) in [5.41, 5.74) is 0. The van der Waals surface area contributed by atoms with Crippen molar-refractivity contribution >= 4 is 11.8 Å². The highest BCUT2D eigenvalue weighted by atomic mass is 19.1. The largest absolute Gasteiger partial charge is 0.395 e. The van der Waals surface area contributed by atoms with Gasteiger partial charge in [-0.25, -0.2) is 9.37 Å². The Morgan fingerprint density at radius 2 is 2.36 bits per heavy atom. The third-order valence-electron chi connectivity index (χ3n) is 1.75. The van der Waals surface area contributed by atoms with Gasteiger partial charge in [0.2, 0.25) is 5.95 Å². The van der Waals surface area contributed by atoms with E-state index in [9.17, 15) is 4.39 Å². The van der Waals surface area contributed by atoms with E-state index in [0.29, 0.717) is 12.5 Å². The Morgan fingerprint density at radius 3 is 2.93 bits per heavy atom. The number of anilines is 2. The van der Waals surface area contributed by atoms with Crippen LogP contribution in [0.4, 0.5) is 16.2 Å². The van der Waals surface area contributed by atoms with Crippen LogP contribution in [0, 0.1) is 5.82 Å². The minimum atomic E-state index is -0.500. The number of hydrogen-bond donors (Lipinski definition) is 2. The number of halogens is 1. The molecule has 1 aromatic rings. The van der Waals surface area contributed by atoms with E-state index in [1.807, 2.05) is 0 Å². The van der Waals surface area contributed by atoms with Gasteiger partial charge in [0, 0.05) is 20.6 Å². The quantitative estimate of drug-likeness (QED) is 0.721. The molecule has 14 heavy (non-hydrogen) atoms. The molecule has 2 N–H and O–H groups in total. The van der Waals surface area contributed by atoms with Crippen LogP contribution in [0.1, 0.15) is 0 Å². The van der Waals surface area contributed by atoms with E-state index in [-0.39, 0.29) is 12.4 Å².